The molecule has 808 valence electrons. The Labute approximate surface area is 867 Å². The highest BCUT2D eigenvalue weighted by molar-refractivity contribution is 8.15. The summed E-state index contributed by atoms with van der Waals surface area (Å²) in [5, 5.41) is 104. The minimum Gasteiger partial charge on any atom is -0.481 e. The summed E-state index contributed by atoms with van der Waals surface area (Å²) in [6, 6.07) is 13.2. The Morgan fingerprint density at radius 1 is 0.306 bits per heavy atom. The Morgan fingerprint density at radius 3 is 0.868 bits per heavy atom. The largest absolute Gasteiger partial charge is 0.481 e. The number of aromatic carboxylic acids is 2. The monoisotopic (exact) mass is 2120 g/mol. The van der Waals surface area contributed by atoms with Crippen LogP contribution in [0, 0.1) is 11.8 Å². The van der Waals surface area contributed by atoms with E-state index < -0.39 is 83.6 Å². The lowest BCUT2D eigenvalue weighted by Gasteiger charge is -2.14. The molecule has 0 heterocycles. The molecule has 1 amide bonds. The van der Waals surface area contributed by atoms with Crippen LogP contribution in [0.1, 0.15) is 304 Å². The number of nitrogens with one attached hydrogen (secondary N) is 1. The molecule has 2 aromatic carbocycles. The maximum Gasteiger partial charge on any atom is 0.335 e. The highest BCUT2D eigenvalue weighted by Crippen LogP contribution is 2.21. The molecule has 2 aromatic rings. The second kappa shape index (κ2) is 104. The van der Waals surface area contributed by atoms with Gasteiger partial charge in [-0.2, -0.15) is 0 Å². The van der Waals surface area contributed by atoms with Crippen molar-refractivity contribution in [2.75, 3.05) is 48.5 Å². The molecule has 0 radical (unpaired) electrons. The molecular formula is C104H153NO34S5. The number of benzene rings is 2. The van der Waals surface area contributed by atoms with Gasteiger partial charge in [0, 0.05) is 110 Å². The van der Waals surface area contributed by atoms with Crippen LogP contribution < -0.4 is 5.32 Å². The molecule has 0 aliphatic rings. The average Bonchev–Trinajstić information content (AvgIpc) is 0.895. The van der Waals surface area contributed by atoms with Crippen molar-refractivity contribution < 1.29 is 167 Å². The number of carbonyl (C=O) groups is 20. The predicted octanol–water partition coefficient (Wildman–Crippen LogP) is 21.4. The maximum atomic E-state index is 11.2. The molecule has 0 saturated heterocycles. The summed E-state index contributed by atoms with van der Waals surface area (Å²) < 4.78 is 9.62. The summed E-state index contributed by atoms with van der Waals surface area (Å²) in [5.74, 6) is -8.26. The van der Waals surface area contributed by atoms with Crippen molar-refractivity contribution in [1.82, 2.24) is 5.32 Å². The van der Waals surface area contributed by atoms with Gasteiger partial charge in [0.15, 0.2) is 0 Å². The van der Waals surface area contributed by atoms with Crippen molar-refractivity contribution in [3.8, 4) is 0 Å². The Morgan fingerprint density at radius 2 is 0.590 bits per heavy atom. The first kappa shape index (κ1) is 147. The van der Waals surface area contributed by atoms with E-state index in [1.54, 1.807) is 81.5 Å². The zero-order chi connectivity index (χ0) is 111. The van der Waals surface area contributed by atoms with Crippen LogP contribution in [0.15, 0.2) is 161 Å². The summed E-state index contributed by atoms with van der Waals surface area (Å²) in [4.78, 5) is 211. The number of carboxylic acids is 12. The molecule has 0 aliphatic carbocycles. The highest BCUT2D eigenvalue weighted by atomic mass is 32.2. The summed E-state index contributed by atoms with van der Waals surface area (Å²) in [6.45, 7) is 41.5. The van der Waals surface area contributed by atoms with Gasteiger partial charge in [-0.25, -0.2) is 19.2 Å². The fourth-order valence-electron chi connectivity index (χ4n) is 10.2. The van der Waals surface area contributed by atoms with Gasteiger partial charge in [0.25, 0.3) is 0 Å². The van der Waals surface area contributed by atoms with Crippen LogP contribution in [0.4, 0.5) is 0 Å². The van der Waals surface area contributed by atoms with Gasteiger partial charge in [0.1, 0.15) is 0 Å². The van der Waals surface area contributed by atoms with Gasteiger partial charge in [-0.15, -0.1) is 0 Å². The molecule has 0 bridgehead atoms. The number of esters is 2. The van der Waals surface area contributed by atoms with Crippen molar-refractivity contribution in [1.29, 1.82) is 0 Å². The third-order valence-electron chi connectivity index (χ3n) is 17.9. The third-order valence-corrected chi connectivity index (χ3v) is 23.1. The average molecular weight is 2120 g/mol. The molecular weight excluding hydrogens is 1970 g/mol. The van der Waals surface area contributed by atoms with Crippen molar-refractivity contribution in [3.63, 3.8) is 0 Å². The Hall–Kier alpha value is -12.0. The summed E-state index contributed by atoms with van der Waals surface area (Å²) in [5.41, 5.74) is 4.34. The number of amides is 1. The van der Waals surface area contributed by atoms with Crippen molar-refractivity contribution in [2.45, 2.75) is 272 Å². The number of carbonyl (C=O) groups excluding carboxylic acids is 8. The molecule has 35 nitrogen and oxygen atoms in total. The van der Waals surface area contributed by atoms with E-state index in [1.807, 2.05) is 0 Å². The van der Waals surface area contributed by atoms with Crippen molar-refractivity contribution in [3.05, 3.63) is 183 Å². The summed E-state index contributed by atoms with van der Waals surface area (Å²) in [7, 11) is 0. The molecule has 2 rings (SSSR count). The Bertz CT molecular complexity index is 4270. The van der Waals surface area contributed by atoms with Crippen LogP contribution in [0.2, 0.25) is 0 Å². The van der Waals surface area contributed by atoms with Crippen LogP contribution in [0.3, 0.4) is 0 Å². The zero-order valence-electron chi connectivity index (χ0n) is 83.7. The van der Waals surface area contributed by atoms with E-state index in [0.717, 1.165) is 175 Å². The van der Waals surface area contributed by atoms with E-state index in [1.165, 1.54) is 84.0 Å². The SMILES string of the molecule is C=C(C)C(=O)OCC(CCCC(=O)O)CC(=O)O.C=C(C)C(=O)SCCCCC(=O)O.C=C(C)C(=O)SCCCCCCC(=O)O.C=C(C)C(=O)SCCCCCCCCC(=O)O.C=CC(=O)NCCCCC(=O)O.C=CC(=O)OCC(CCCC(=O)O)CC(=O)O.C=CC(=O)SCCCCCCC(=O)O.C=CC(=O)SCCCCCCCCC(=O)O.C=Cc1ccc(C(=O)O)cc1.C=Cc1cccc(C(=O)O)c1. The van der Waals surface area contributed by atoms with Gasteiger partial charge >= 0.3 is 83.6 Å². The highest BCUT2D eigenvalue weighted by Gasteiger charge is 2.19. The number of hydrogen-bond acceptors (Lipinski definition) is 27. The van der Waals surface area contributed by atoms with Crippen LogP contribution in [-0.2, 0) is 95.8 Å². The standard InChI is InChI=1S/C13H22O3S.C12H18O6.C12H20O3S.C11H16O6.C11H18O3S.C10H16O3S.C9H14O3S.2C9H8O2.C8H13NO3/c1-11(2)13(16)17-10-8-6-4-3-5-7-9-12(14)15;1-8(2)12(17)18-7-9(6-11(15)16)4-3-5-10(13)14;1-2-12(15)16-10-8-6-4-3-5-7-9-11(13)14;1-2-11(16)17-7-8(6-10(14)15)4-3-5-9(12)13;1-9(2)11(14)15-8-6-4-3-5-7-10(12)13;1-2-10(13)14-8-6-4-3-5-7-9(11)12;1-7(2)9(12)13-6-4-3-5-8(10)11;1-2-7-3-5-8(6-4-7)9(10)11;1-2-7-4-3-5-8(6-7)9(10)11;1-2-7(10)9-6-4-3-5-8(11)12/h1,3-10H2,2H3,(H,14,15);9H,1,3-7H2,2H3,(H,13,14)(H,15,16);2H,1,3-10H2,(H,13,14);2,8H,1,3-7H2,(H,12,13)(H,14,15);1,3-8H2,2H3,(H,12,13);2H,1,3-8H2,(H,11,12);1,3-6H2,2H3,(H,10,11);2*2-6H,1H2,(H,10,11);2H,1,3-6H2,(H,9,10)(H,11,12). The lowest BCUT2D eigenvalue weighted by molar-refractivity contribution is -0.144. The van der Waals surface area contributed by atoms with Gasteiger partial charge in [-0.3, -0.25) is 76.7 Å². The second-order valence-electron chi connectivity index (χ2n) is 31.3. The van der Waals surface area contributed by atoms with Crippen molar-refractivity contribution >= 4 is 186 Å². The first-order valence-electron chi connectivity index (χ1n) is 46.5. The zero-order valence-corrected chi connectivity index (χ0v) is 87.8. The summed E-state index contributed by atoms with van der Waals surface area (Å²) >= 11 is 6.42. The van der Waals surface area contributed by atoms with Gasteiger partial charge < -0.3 is 76.1 Å². The van der Waals surface area contributed by atoms with E-state index >= 15 is 0 Å². The van der Waals surface area contributed by atoms with E-state index in [-0.39, 0.29) is 126 Å². The van der Waals surface area contributed by atoms with Crippen LogP contribution in [0.5, 0.6) is 0 Å². The minimum atomic E-state index is -1.00. The van der Waals surface area contributed by atoms with Gasteiger partial charge in [0.2, 0.25) is 31.5 Å². The maximum absolute atomic E-state index is 11.2. The molecule has 2 atom stereocenters. The number of aliphatic carboxylic acids is 10. The molecule has 0 aromatic heterocycles. The molecule has 13 N–H and O–H groups in total. The van der Waals surface area contributed by atoms with Gasteiger partial charge in [-0.05, 0) is 201 Å². The quantitative estimate of drug-likeness (QED) is 0.0166. The van der Waals surface area contributed by atoms with E-state index in [4.69, 9.17) is 70.8 Å². The number of unbranched alkanes of at least 4 members (excludes halogenated alkanes) is 18. The second-order valence-corrected chi connectivity index (χ2v) is 36.7. The number of carboxylic acid groups (broad SMARTS) is 12. The van der Waals surface area contributed by atoms with E-state index in [2.05, 4.69) is 71.1 Å². The number of rotatable bonds is 70. The van der Waals surface area contributed by atoms with Crippen LogP contribution in [0.25, 0.3) is 12.2 Å². The lowest BCUT2D eigenvalue weighted by Crippen LogP contribution is -2.21. The van der Waals surface area contributed by atoms with E-state index in [9.17, 15) is 95.9 Å². The van der Waals surface area contributed by atoms with Crippen LogP contribution in [-0.4, -0.2) is 225 Å². The topological polar surface area (TPSA) is 615 Å². The molecule has 2 unspecified atom stereocenters. The van der Waals surface area contributed by atoms with Crippen LogP contribution >= 0.6 is 58.8 Å². The normalized spacial score (nSPS) is 10.1. The first-order valence-corrected chi connectivity index (χ1v) is 51.5. The number of hydrogen-bond donors (Lipinski definition) is 13. The number of thioether (sulfide) groups is 5. The predicted molar refractivity (Wildman–Crippen MR) is 568 cm³/mol. The van der Waals surface area contributed by atoms with Crippen molar-refractivity contribution in [2.24, 2.45) is 11.8 Å². The minimum absolute atomic E-state index is 0.00433. The molecule has 40 heteroatoms. The lowest BCUT2D eigenvalue weighted by atomic mass is 9.99. The fourth-order valence-corrected chi connectivity index (χ4v) is 13.9. The van der Waals surface area contributed by atoms with E-state index in [0.29, 0.717) is 85.1 Å². The van der Waals surface area contributed by atoms with Gasteiger partial charge in [0.05, 0.1) is 37.2 Å². The molecule has 0 spiro atoms. The smallest absolute Gasteiger partial charge is 0.335 e. The third kappa shape index (κ3) is 120. The number of ether oxygens (including phenoxy) is 2. The molecule has 0 aliphatic heterocycles. The first-order chi connectivity index (χ1) is 67.9. The molecule has 0 fully saturated rings. The molecule has 144 heavy (non-hydrogen) atoms. The van der Waals surface area contributed by atoms with Gasteiger partial charge in [-0.1, -0.05) is 238 Å². The summed E-state index contributed by atoms with van der Waals surface area (Å²) in [6.07, 6.45) is 32.9. The Balaban J connectivity index is -0.000000239. The fraction of sp³-hybridized carbons (Fsp3) is 0.500. The molecule has 0 saturated carbocycles. The Kier molecular flexibility index (Phi) is 106.